The Labute approximate surface area is 107 Å². The van der Waals surface area contributed by atoms with Crippen LogP contribution in [0.1, 0.15) is 30.8 Å². The van der Waals surface area contributed by atoms with E-state index < -0.39 is 0 Å². The molecule has 1 unspecified atom stereocenters. The minimum Gasteiger partial charge on any atom is -0.497 e. The molecule has 0 bridgehead atoms. The van der Waals surface area contributed by atoms with Gasteiger partial charge in [0.05, 0.1) is 13.2 Å². The summed E-state index contributed by atoms with van der Waals surface area (Å²) in [6.07, 6.45) is 2.59. The normalized spacial score (nSPS) is 12.3. The van der Waals surface area contributed by atoms with E-state index in [-0.39, 0.29) is 6.04 Å². The molecule has 0 aliphatic rings. The van der Waals surface area contributed by atoms with Gasteiger partial charge in [-0.15, -0.1) is 0 Å². The first kappa shape index (κ1) is 12.6. The second-order valence-electron chi connectivity index (χ2n) is 4.03. The molecule has 0 saturated heterocycles. The van der Waals surface area contributed by atoms with E-state index in [9.17, 15) is 0 Å². The summed E-state index contributed by atoms with van der Waals surface area (Å²) in [5, 5.41) is 10.3. The highest BCUT2D eigenvalue weighted by Gasteiger charge is 2.16. The number of ether oxygens (including phenoxy) is 1. The number of nitrogens with one attached hydrogen (secondary N) is 2. The summed E-state index contributed by atoms with van der Waals surface area (Å²) in [5.74, 6) is 1.66. The van der Waals surface area contributed by atoms with E-state index in [1.165, 1.54) is 6.33 Å². The molecule has 0 spiro atoms. The van der Waals surface area contributed by atoms with Gasteiger partial charge >= 0.3 is 0 Å². The predicted octanol–water partition coefficient (Wildman–Crippen LogP) is 1.90. The van der Waals surface area contributed by atoms with Gasteiger partial charge in [-0.2, -0.15) is 5.10 Å². The Morgan fingerprint density at radius 3 is 3.00 bits per heavy atom. The maximum Gasteiger partial charge on any atom is 0.145 e. The Hall–Kier alpha value is -1.88. The van der Waals surface area contributed by atoms with Crippen LogP contribution in [-0.2, 0) is 0 Å². The third-order valence-corrected chi connectivity index (χ3v) is 2.73. The average molecular weight is 246 g/mol. The molecule has 5 heteroatoms. The number of aromatic nitrogens is 3. The van der Waals surface area contributed by atoms with E-state index >= 15 is 0 Å². The van der Waals surface area contributed by atoms with Gasteiger partial charge in [-0.1, -0.05) is 19.1 Å². The molecule has 2 rings (SSSR count). The number of nitrogens with zero attached hydrogens (tertiary/aromatic N) is 2. The highest BCUT2D eigenvalue weighted by atomic mass is 16.5. The molecule has 5 nitrogen and oxygen atoms in total. The van der Waals surface area contributed by atoms with Gasteiger partial charge in [0, 0.05) is 0 Å². The molecule has 96 valence electrons. The van der Waals surface area contributed by atoms with Crippen LogP contribution in [0.3, 0.4) is 0 Å². The fourth-order valence-electron chi connectivity index (χ4n) is 1.84. The van der Waals surface area contributed by atoms with Crippen LogP contribution in [0.15, 0.2) is 30.6 Å². The van der Waals surface area contributed by atoms with Gasteiger partial charge in [-0.25, -0.2) is 4.98 Å². The highest BCUT2D eigenvalue weighted by molar-refractivity contribution is 5.33. The zero-order chi connectivity index (χ0) is 12.8. The van der Waals surface area contributed by atoms with Crippen molar-refractivity contribution < 1.29 is 4.74 Å². The quantitative estimate of drug-likeness (QED) is 0.817. The van der Waals surface area contributed by atoms with Crippen LogP contribution < -0.4 is 10.1 Å². The monoisotopic (exact) mass is 246 g/mol. The minimum atomic E-state index is 0.0162. The van der Waals surface area contributed by atoms with Crippen molar-refractivity contribution in [2.24, 2.45) is 0 Å². The van der Waals surface area contributed by atoms with Crippen molar-refractivity contribution in [3.8, 4) is 5.75 Å². The number of benzene rings is 1. The molecule has 0 amide bonds. The number of hydrogen-bond acceptors (Lipinski definition) is 4. The van der Waals surface area contributed by atoms with Crippen LogP contribution in [0.25, 0.3) is 0 Å². The van der Waals surface area contributed by atoms with Crippen LogP contribution in [0.5, 0.6) is 5.75 Å². The summed E-state index contributed by atoms with van der Waals surface area (Å²) in [4.78, 5) is 4.23. The SMILES string of the molecule is CCCNC(c1cccc(OC)c1)c1ncn[nH]1. The van der Waals surface area contributed by atoms with E-state index in [0.717, 1.165) is 30.1 Å². The maximum absolute atomic E-state index is 5.25. The van der Waals surface area contributed by atoms with Crippen molar-refractivity contribution in [3.63, 3.8) is 0 Å². The van der Waals surface area contributed by atoms with Gasteiger partial charge in [0.1, 0.15) is 17.9 Å². The first-order valence-corrected chi connectivity index (χ1v) is 6.07. The molecule has 0 radical (unpaired) electrons. The standard InChI is InChI=1S/C13H18N4O/c1-3-7-14-12(13-15-9-16-17-13)10-5-4-6-11(8-10)18-2/h4-6,8-9,12,14H,3,7H2,1-2H3,(H,15,16,17). The molecule has 0 saturated carbocycles. The molecular formula is C13H18N4O. The van der Waals surface area contributed by atoms with Crippen molar-refractivity contribution in [2.45, 2.75) is 19.4 Å². The second-order valence-corrected chi connectivity index (χ2v) is 4.03. The van der Waals surface area contributed by atoms with Crippen LogP contribution in [0.4, 0.5) is 0 Å². The Morgan fingerprint density at radius 2 is 2.33 bits per heavy atom. The number of H-pyrrole nitrogens is 1. The van der Waals surface area contributed by atoms with E-state index in [0.29, 0.717) is 0 Å². The minimum absolute atomic E-state index is 0.0162. The van der Waals surface area contributed by atoms with Crippen LogP contribution in [0, 0.1) is 0 Å². The zero-order valence-corrected chi connectivity index (χ0v) is 10.7. The van der Waals surface area contributed by atoms with E-state index in [1.54, 1.807) is 7.11 Å². The second kappa shape index (κ2) is 6.16. The van der Waals surface area contributed by atoms with E-state index in [2.05, 4.69) is 33.5 Å². The van der Waals surface area contributed by atoms with Crippen molar-refractivity contribution in [3.05, 3.63) is 42.0 Å². The third kappa shape index (κ3) is 2.87. The molecule has 1 atom stereocenters. The number of aromatic amines is 1. The Bertz CT molecular complexity index is 470. The van der Waals surface area contributed by atoms with E-state index in [4.69, 9.17) is 4.74 Å². The van der Waals surface area contributed by atoms with Gasteiger partial charge in [-0.05, 0) is 30.7 Å². The highest BCUT2D eigenvalue weighted by Crippen LogP contribution is 2.22. The number of methoxy groups -OCH3 is 1. The molecule has 1 aromatic carbocycles. The first-order chi connectivity index (χ1) is 8.85. The molecule has 1 heterocycles. The molecular weight excluding hydrogens is 228 g/mol. The summed E-state index contributed by atoms with van der Waals surface area (Å²) >= 11 is 0. The fraction of sp³-hybridized carbons (Fsp3) is 0.385. The molecule has 0 aliphatic heterocycles. The maximum atomic E-state index is 5.25. The Morgan fingerprint density at radius 1 is 1.44 bits per heavy atom. The lowest BCUT2D eigenvalue weighted by atomic mass is 10.1. The number of hydrogen-bond donors (Lipinski definition) is 2. The molecule has 0 fully saturated rings. The van der Waals surface area contributed by atoms with E-state index in [1.807, 2.05) is 18.2 Å². The van der Waals surface area contributed by atoms with Gasteiger partial charge in [0.2, 0.25) is 0 Å². The molecule has 18 heavy (non-hydrogen) atoms. The smallest absolute Gasteiger partial charge is 0.145 e. The van der Waals surface area contributed by atoms with Crippen LogP contribution in [-0.4, -0.2) is 28.8 Å². The van der Waals surface area contributed by atoms with Gasteiger partial charge in [-0.3, -0.25) is 5.10 Å². The zero-order valence-electron chi connectivity index (χ0n) is 10.7. The lowest BCUT2D eigenvalue weighted by Crippen LogP contribution is -2.24. The third-order valence-electron chi connectivity index (χ3n) is 2.73. The van der Waals surface area contributed by atoms with Crippen molar-refractivity contribution in [2.75, 3.05) is 13.7 Å². The van der Waals surface area contributed by atoms with Crippen LogP contribution >= 0.6 is 0 Å². The lowest BCUT2D eigenvalue weighted by molar-refractivity contribution is 0.413. The Balaban J connectivity index is 2.27. The molecule has 1 aromatic heterocycles. The van der Waals surface area contributed by atoms with Gasteiger partial charge in [0.15, 0.2) is 0 Å². The molecule has 2 N–H and O–H groups in total. The lowest BCUT2D eigenvalue weighted by Gasteiger charge is -2.17. The van der Waals surface area contributed by atoms with Crippen molar-refractivity contribution in [1.82, 2.24) is 20.5 Å². The van der Waals surface area contributed by atoms with Gasteiger partial charge in [0.25, 0.3) is 0 Å². The van der Waals surface area contributed by atoms with Gasteiger partial charge < -0.3 is 10.1 Å². The summed E-state index contributed by atoms with van der Waals surface area (Å²) in [6.45, 7) is 3.05. The van der Waals surface area contributed by atoms with Crippen molar-refractivity contribution in [1.29, 1.82) is 0 Å². The molecule has 2 aromatic rings. The largest absolute Gasteiger partial charge is 0.497 e. The fourth-order valence-corrected chi connectivity index (χ4v) is 1.84. The van der Waals surface area contributed by atoms with Crippen molar-refractivity contribution >= 4 is 0 Å². The summed E-state index contributed by atoms with van der Waals surface area (Å²) in [6, 6.07) is 7.99. The van der Waals surface area contributed by atoms with Crippen LogP contribution in [0.2, 0.25) is 0 Å². The molecule has 0 aliphatic carbocycles. The first-order valence-electron chi connectivity index (χ1n) is 6.07. The topological polar surface area (TPSA) is 62.8 Å². The summed E-state index contributed by atoms with van der Waals surface area (Å²) < 4.78 is 5.25. The average Bonchev–Trinajstić information content (AvgIpc) is 2.93. The Kier molecular flexibility index (Phi) is 4.30. The summed E-state index contributed by atoms with van der Waals surface area (Å²) in [7, 11) is 1.67. The summed E-state index contributed by atoms with van der Waals surface area (Å²) in [5.41, 5.74) is 1.11. The predicted molar refractivity (Wildman–Crippen MR) is 69.5 cm³/mol. The number of rotatable bonds is 6.